The van der Waals surface area contributed by atoms with Crippen LogP contribution in [0.3, 0.4) is 0 Å². The average Bonchev–Trinajstić information content (AvgIpc) is 2.18. The fraction of sp³-hybridized carbons (Fsp3) is 0.500. The van der Waals surface area contributed by atoms with Crippen molar-refractivity contribution in [1.29, 1.82) is 0 Å². The predicted octanol–water partition coefficient (Wildman–Crippen LogP) is 1.10. The summed E-state index contributed by atoms with van der Waals surface area (Å²) >= 11 is 0. The molecule has 0 aromatic carbocycles. The Bertz CT molecular complexity index is 371. The Morgan fingerprint density at radius 3 is 2.00 bits per heavy atom. The Hall–Kier alpha value is -0.300. The van der Waals surface area contributed by atoms with Crippen LogP contribution in [0.4, 0.5) is 0 Å². The molecular weight excluding hydrogens is 286 g/mol. The molecule has 0 radical (unpaired) electrons. The van der Waals surface area contributed by atoms with E-state index in [1.54, 1.807) is 18.2 Å². The van der Waals surface area contributed by atoms with Crippen LogP contribution in [0.2, 0.25) is 0 Å². The first kappa shape index (κ1) is 17.7. The molecule has 0 spiro atoms. The van der Waals surface area contributed by atoms with Gasteiger partial charge in [-0.1, -0.05) is 24.3 Å². The summed E-state index contributed by atoms with van der Waals surface area (Å²) in [6.07, 6.45) is 7.73. The highest BCUT2D eigenvalue weighted by molar-refractivity contribution is 7.60. The minimum atomic E-state index is -5.06. The van der Waals surface area contributed by atoms with Crippen LogP contribution in [0.15, 0.2) is 24.3 Å². The lowest BCUT2D eigenvalue weighted by atomic mass is 10.3. The zero-order valence-corrected chi connectivity index (χ0v) is 11.2. The van der Waals surface area contributed by atoms with Gasteiger partial charge < -0.3 is 19.8 Å². The molecule has 0 rings (SSSR count). The van der Waals surface area contributed by atoms with E-state index in [2.05, 4.69) is 8.83 Å². The van der Waals surface area contributed by atoms with Crippen LogP contribution >= 0.6 is 15.6 Å². The summed E-state index contributed by atoms with van der Waals surface area (Å²) in [5.74, 6) is 0. The van der Waals surface area contributed by atoms with Gasteiger partial charge >= 0.3 is 15.6 Å². The lowest BCUT2D eigenvalue weighted by Gasteiger charge is -2.10. The van der Waals surface area contributed by atoms with Crippen molar-refractivity contribution < 1.29 is 37.8 Å². The Morgan fingerprint density at radius 1 is 0.944 bits per heavy atom. The lowest BCUT2D eigenvalue weighted by molar-refractivity contribution is 0.191. The maximum Gasteiger partial charge on any atom is 0.481 e. The van der Waals surface area contributed by atoms with Crippen LogP contribution in [0.5, 0.6) is 0 Å². The second kappa shape index (κ2) is 8.74. The third-order valence-electron chi connectivity index (χ3n) is 1.48. The first-order chi connectivity index (χ1) is 8.27. The standard InChI is InChI=1S/C8H16O8P2/c9-7-5-3-1-2-4-6-8-15-18(13,14)16-17(10,11)12/h3-6,9H,1-2,7-8H2,(H,13,14)(H2,10,11,12)/b5-3+,6-4+. The molecule has 0 aliphatic heterocycles. The van der Waals surface area contributed by atoms with E-state index in [0.717, 1.165) is 0 Å². The second-order valence-corrected chi connectivity index (χ2v) is 5.87. The molecule has 0 saturated carbocycles. The van der Waals surface area contributed by atoms with Gasteiger partial charge in [0.25, 0.3) is 0 Å². The fourth-order valence-corrected chi connectivity index (χ4v) is 2.40. The molecular formula is C8H16O8P2. The van der Waals surface area contributed by atoms with Crippen LogP contribution in [-0.4, -0.2) is 33.0 Å². The number of rotatable bonds is 9. The number of phosphoric ester groups is 1. The van der Waals surface area contributed by atoms with Crippen LogP contribution < -0.4 is 0 Å². The Balaban J connectivity index is 3.83. The molecule has 8 nitrogen and oxygen atoms in total. The largest absolute Gasteiger partial charge is 0.481 e. The van der Waals surface area contributed by atoms with Gasteiger partial charge in [0.1, 0.15) is 0 Å². The average molecular weight is 302 g/mol. The smallest absolute Gasteiger partial charge is 0.392 e. The monoisotopic (exact) mass is 302 g/mol. The zero-order chi connectivity index (χ0) is 14.1. The Labute approximate surface area is 104 Å². The maximum atomic E-state index is 10.9. The molecule has 0 amide bonds. The lowest BCUT2D eigenvalue weighted by Crippen LogP contribution is -1.93. The normalized spacial score (nSPS) is 16.4. The van der Waals surface area contributed by atoms with Crippen molar-refractivity contribution in [1.82, 2.24) is 0 Å². The third-order valence-corrected chi connectivity index (χ3v) is 3.63. The molecule has 106 valence electrons. The second-order valence-electron chi connectivity index (χ2n) is 3.04. The highest BCUT2D eigenvalue weighted by Crippen LogP contribution is 2.57. The number of aliphatic hydroxyl groups excluding tert-OH is 1. The molecule has 18 heavy (non-hydrogen) atoms. The van der Waals surface area contributed by atoms with Crippen LogP contribution in [0, 0.1) is 0 Å². The quantitative estimate of drug-likeness (QED) is 0.282. The van der Waals surface area contributed by atoms with Gasteiger partial charge in [0, 0.05) is 0 Å². The summed E-state index contributed by atoms with van der Waals surface area (Å²) in [5.41, 5.74) is 0. The van der Waals surface area contributed by atoms with Gasteiger partial charge in [-0.25, -0.2) is 9.13 Å². The molecule has 1 unspecified atom stereocenters. The molecule has 4 N–H and O–H groups in total. The molecule has 1 atom stereocenters. The number of hydrogen-bond acceptors (Lipinski definition) is 5. The third kappa shape index (κ3) is 12.2. The van der Waals surface area contributed by atoms with Crippen molar-refractivity contribution in [2.45, 2.75) is 12.8 Å². The predicted molar refractivity (Wildman–Crippen MR) is 63.5 cm³/mol. The number of hydrogen-bond donors (Lipinski definition) is 4. The van der Waals surface area contributed by atoms with Crippen molar-refractivity contribution >= 4 is 15.6 Å². The highest BCUT2D eigenvalue weighted by Gasteiger charge is 2.31. The van der Waals surface area contributed by atoms with Crippen molar-refractivity contribution in [3.05, 3.63) is 24.3 Å². The molecule has 0 saturated heterocycles. The molecule has 0 aliphatic rings. The molecule has 0 fully saturated rings. The zero-order valence-electron chi connectivity index (χ0n) is 9.45. The Kier molecular flexibility index (Phi) is 8.60. The Morgan fingerprint density at radius 2 is 1.50 bits per heavy atom. The van der Waals surface area contributed by atoms with Crippen LogP contribution in [0.1, 0.15) is 12.8 Å². The van der Waals surface area contributed by atoms with Crippen molar-refractivity contribution in [3.8, 4) is 0 Å². The highest BCUT2D eigenvalue weighted by atomic mass is 31.3. The molecule has 0 aromatic rings. The van der Waals surface area contributed by atoms with E-state index in [0.29, 0.717) is 12.8 Å². The van der Waals surface area contributed by atoms with E-state index in [9.17, 15) is 9.13 Å². The van der Waals surface area contributed by atoms with Gasteiger partial charge in [0.2, 0.25) is 0 Å². The van der Waals surface area contributed by atoms with Crippen molar-refractivity contribution in [2.24, 2.45) is 0 Å². The summed E-state index contributed by atoms with van der Waals surface area (Å²) < 4.78 is 29.1. The first-order valence-electron chi connectivity index (χ1n) is 4.92. The van der Waals surface area contributed by atoms with Crippen molar-refractivity contribution in [3.63, 3.8) is 0 Å². The summed E-state index contributed by atoms with van der Waals surface area (Å²) in [5, 5.41) is 8.43. The molecule has 0 aliphatic carbocycles. The fourth-order valence-electron chi connectivity index (χ4n) is 0.866. The van der Waals surface area contributed by atoms with Gasteiger partial charge in [0.05, 0.1) is 13.2 Å². The number of phosphoric acid groups is 2. The van der Waals surface area contributed by atoms with E-state index < -0.39 is 15.6 Å². The molecule has 0 bridgehead atoms. The number of aliphatic hydroxyl groups is 1. The number of allylic oxidation sites excluding steroid dienone is 2. The van der Waals surface area contributed by atoms with Gasteiger partial charge in [0.15, 0.2) is 0 Å². The molecule has 10 heteroatoms. The summed E-state index contributed by atoms with van der Waals surface area (Å²) in [6, 6.07) is 0. The van der Waals surface area contributed by atoms with Gasteiger partial charge in [-0.05, 0) is 12.8 Å². The van der Waals surface area contributed by atoms with Crippen LogP contribution in [0.25, 0.3) is 0 Å². The molecule has 0 heterocycles. The molecule has 0 aromatic heterocycles. The summed E-state index contributed by atoms with van der Waals surface area (Å²) in [7, 11) is -9.80. The summed E-state index contributed by atoms with van der Waals surface area (Å²) in [6.45, 7) is -0.336. The van der Waals surface area contributed by atoms with E-state index in [1.807, 2.05) is 0 Å². The summed E-state index contributed by atoms with van der Waals surface area (Å²) in [4.78, 5) is 25.5. The maximum absolute atomic E-state index is 10.9. The van der Waals surface area contributed by atoms with E-state index in [-0.39, 0.29) is 13.2 Å². The van der Waals surface area contributed by atoms with Gasteiger partial charge in [-0.15, -0.1) is 0 Å². The van der Waals surface area contributed by atoms with E-state index in [1.165, 1.54) is 6.08 Å². The van der Waals surface area contributed by atoms with Gasteiger partial charge in [-0.3, -0.25) is 4.52 Å². The SMILES string of the molecule is O=P(O)(O)OP(=O)(O)OC/C=C/CC/C=C/CO. The topological polar surface area (TPSA) is 134 Å². The van der Waals surface area contributed by atoms with Crippen LogP contribution in [-0.2, 0) is 18.0 Å². The van der Waals surface area contributed by atoms with Crippen molar-refractivity contribution in [2.75, 3.05) is 13.2 Å². The van der Waals surface area contributed by atoms with E-state index in [4.69, 9.17) is 19.8 Å². The van der Waals surface area contributed by atoms with Gasteiger partial charge in [-0.2, -0.15) is 4.31 Å². The minimum Gasteiger partial charge on any atom is -0.392 e. The minimum absolute atomic E-state index is 0.0275. The first-order valence-corrected chi connectivity index (χ1v) is 7.94. The number of unbranched alkanes of at least 4 members (excludes halogenated alkanes) is 1. The van der Waals surface area contributed by atoms with E-state index >= 15 is 0 Å².